The van der Waals surface area contributed by atoms with Crippen LogP contribution in [0.5, 0.6) is 0 Å². The third-order valence-electron chi connectivity index (χ3n) is 4.49. The molecule has 0 aromatic carbocycles. The van der Waals surface area contributed by atoms with Crippen LogP contribution in [0.4, 0.5) is 0 Å². The molecule has 0 aliphatic heterocycles. The van der Waals surface area contributed by atoms with Gasteiger partial charge < -0.3 is 20.1 Å². The Balaban J connectivity index is 1.77. The summed E-state index contributed by atoms with van der Waals surface area (Å²) in [6.07, 6.45) is 7.73. The largest absolute Gasteiger partial charge is 0.389 e. The number of aliphatic hydroxyl groups excluding tert-OH is 1. The molecule has 0 saturated heterocycles. The van der Waals surface area contributed by atoms with Crippen LogP contribution in [0.25, 0.3) is 0 Å². The lowest BCUT2D eigenvalue weighted by molar-refractivity contribution is 0.0335. The number of nitrogens with zero attached hydrogens (tertiary/aromatic N) is 1. The van der Waals surface area contributed by atoms with E-state index in [1.54, 1.807) is 7.11 Å². The van der Waals surface area contributed by atoms with Gasteiger partial charge in [0.25, 0.3) is 0 Å². The van der Waals surface area contributed by atoms with E-state index >= 15 is 0 Å². The van der Waals surface area contributed by atoms with Gasteiger partial charge in [-0.15, -0.1) is 0 Å². The van der Waals surface area contributed by atoms with E-state index in [1.165, 1.54) is 38.5 Å². The fraction of sp³-hybridized carbons (Fsp3) is 1.00. The molecule has 0 aromatic rings. The molecule has 0 spiro atoms. The third kappa shape index (κ3) is 5.03. The minimum atomic E-state index is -0.371. The Kier molecular flexibility index (Phi) is 5.63. The molecule has 2 aliphatic carbocycles. The minimum absolute atomic E-state index is 0.371. The van der Waals surface area contributed by atoms with Crippen molar-refractivity contribution in [1.29, 1.82) is 0 Å². The summed E-state index contributed by atoms with van der Waals surface area (Å²) < 4.78 is 5.00. The Morgan fingerprint density at radius 2 is 2.05 bits per heavy atom. The molecule has 112 valence electrons. The topological polar surface area (TPSA) is 44.7 Å². The fourth-order valence-corrected chi connectivity index (χ4v) is 3.41. The second kappa shape index (κ2) is 7.02. The van der Waals surface area contributed by atoms with E-state index in [4.69, 9.17) is 4.74 Å². The zero-order chi connectivity index (χ0) is 13.7. The highest BCUT2D eigenvalue weighted by Gasteiger charge is 2.36. The monoisotopic (exact) mass is 270 g/mol. The van der Waals surface area contributed by atoms with Gasteiger partial charge in [-0.25, -0.2) is 0 Å². The van der Waals surface area contributed by atoms with E-state index in [-0.39, 0.29) is 6.10 Å². The summed E-state index contributed by atoms with van der Waals surface area (Å²) in [4.78, 5) is 2.28. The van der Waals surface area contributed by atoms with E-state index in [9.17, 15) is 5.11 Å². The summed E-state index contributed by atoms with van der Waals surface area (Å²) in [5.74, 6) is 0. The van der Waals surface area contributed by atoms with Gasteiger partial charge in [-0.1, -0.05) is 12.8 Å². The second-order valence-corrected chi connectivity index (χ2v) is 6.67. The maximum Gasteiger partial charge on any atom is 0.0899 e. The summed E-state index contributed by atoms with van der Waals surface area (Å²) in [5, 5.41) is 13.5. The highest BCUT2D eigenvalue weighted by Crippen LogP contribution is 2.38. The zero-order valence-electron chi connectivity index (χ0n) is 12.5. The average molecular weight is 270 g/mol. The van der Waals surface area contributed by atoms with Gasteiger partial charge in [0.1, 0.15) is 0 Å². The van der Waals surface area contributed by atoms with Crippen molar-refractivity contribution in [3.63, 3.8) is 0 Å². The zero-order valence-corrected chi connectivity index (χ0v) is 12.5. The molecule has 1 unspecified atom stereocenters. The fourth-order valence-electron chi connectivity index (χ4n) is 3.41. The van der Waals surface area contributed by atoms with Gasteiger partial charge in [-0.05, 0) is 38.1 Å². The molecule has 2 fully saturated rings. The molecule has 2 N–H and O–H groups in total. The first kappa shape index (κ1) is 15.2. The predicted octanol–water partition coefficient (Wildman–Crippen LogP) is 1.24. The number of aliphatic hydroxyl groups is 1. The molecule has 0 heterocycles. The van der Waals surface area contributed by atoms with Crippen LogP contribution in [0.3, 0.4) is 0 Å². The first-order valence-electron chi connectivity index (χ1n) is 7.72. The lowest BCUT2D eigenvalue weighted by Gasteiger charge is -2.34. The first-order valence-corrected chi connectivity index (χ1v) is 7.72. The maximum atomic E-state index is 9.82. The third-order valence-corrected chi connectivity index (χ3v) is 4.49. The first-order chi connectivity index (χ1) is 9.13. The standard InChI is InChI=1S/C15H30N2O2/c1-17(9-14(18)10-19-2)12-15(7-3-4-8-15)11-16-13-5-6-13/h13-14,16,18H,3-12H2,1-2H3. The molecule has 2 saturated carbocycles. The SMILES string of the molecule is COCC(O)CN(C)CC1(CNC2CC2)CCCC1. The van der Waals surface area contributed by atoms with Crippen molar-refractivity contribution >= 4 is 0 Å². The van der Waals surface area contributed by atoms with Crippen molar-refractivity contribution in [1.82, 2.24) is 10.2 Å². The van der Waals surface area contributed by atoms with Gasteiger partial charge in [-0.3, -0.25) is 0 Å². The quantitative estimate of drug-likeness (QED) is 0.662. The van der Waals surface area contributed by atoms with Gasteiger partial charge >= 0.3 is 0 Å². The van der Waals surface area contributed by atoms with Gasteiger partial charge in [0.15, 0.2) is 0 Å². The van der Waals surface area contributed by atoms with Crippen LogP contribution in [0.1, 0.15) is 38.5 Å². The van der Waals surface area contributed by atoms with Crippen molar-refractivity contribution in [2.45, 2.75) is 50.7 Å². The van der Waals surface area contributed by atoms with E-state index in [0.29, 0.717) is 18.6 Å². The number of rotatable bonds is 9. The Hall–Kier alpha value is -0.160. The van der Waals surface area contributed by atoms with Crippen LogP contribution in [0.15, 0.2) is 0 Å². The average Bonchev–Trinajstić information content (AvgIpc) is 3.08. The number of likely N-dealkylation sites (N-methyl/N-ethyl adjacent to an activating group) is 1. The lowest BCUT2D eigenvalue weighted by atomic mass is 9.85. The van der Waals surface area contributed by atoms with Crippen molar-refractivity contribution in [2.75, 3.05) is 40.4 Å². The highest BCUT2D eigenvalue weighted by molar-refractivity contribution is 4.92. The van der Waals surface area contributed by atoms with Gasteiger partial charge in [0.2, 0.25) is 0 Å². The van der Waals surface area contributed by atoms with Crippen LogP contribution >= 0.6 is 0 Å². The van der Waals surface area contributed by atoms with Crippen molar-refractivity contribution < 1.29 is 9.84 Å². The predicted molar refractivity (Wildman–Crippen MR) is 77.3 cm³/mol. The van der Waals surface area contributed by atoms with E-state index in [0.717, 1.165) is 19.1 Å². The minimum Gasteiger partial charge on any atom is -0.389 e. The molecule has 2 aliphatic rings. The molecule has 0 amide bonds. The molecule has 4 heteroatoms. The van der Waals surface area contributed by atoms with Crippen LogP contribution in [0.2, 0.25) is 0 Å². The maximum absolute atomic E-state index is 9.82. The molecule has 2 rings (SSSR count). The van der Waals surface area contributed by atoms with Crippen LogP contribution in [0, 0.1) is 5.41 Å². The Bertz CT molecular complexity index is 263. The summed E-state index contributed by atoms with van der Waals surface area (Å²) in [6, 6.07) is 0.793. The lowest BCUT2D eigenvalue weighted by Crippen LogP contribution is -2.44. The van der Waals surface area contributed by atoms with Crippen molar-refractivity contribution in [3.8, 4) is 0 Å². The smallest absolute Gasteiger partial charge is 0.0899 e. The second-order valence-electron chi connectivity index (χ2n) is 6.67. The van der Waals surface area contributed by atoms with Crippen LogP contribution < -0.4 is 5.32 Å². The summed E-state index contributed by atoms with van der Waals surface area (Å²) in [6.45, 7) is 3.38. The Labute approximate surface area is 117 Å². The molecule has 4 nitrogen and oxygen atoms in total. The molecular weight excluding hydrogens is 240 g/mol. The molecule has 19 heavy (non-hydrogen) atoms. The summed E-state index contributed by atoms with van der Waals surface area (Å²) in [5.41, 5.74) is 0.435. The molecule has 1 atom stereocenters. The number of methoxy groups -OCH3 is 1. The van der Waals surface area contributed by atoms with Crippen LogP contribution in [-0.4, -0.2) is 62.6 Å². The molecule has 0 radical (unpaired) electrons. The van der Waals surface area contributed by atoms with Crippen molar-refractivity contribution in [3.05, 3.63) is 0 Å². The summed E-state index contributed by atoms with van der Waals surface area (Å²) in [7, 11) is 3.76. The van der Waals surface area contributed by atoms with Gasteiger partial charge in [0.05, 0.1) is 12.7 Å². The number of hydrogen-bond acceptors (Lipinski definition) is 4. The van der Waals surface area contributed by atoms with E-state index < -0.39 is 0 Å². The number of nitrogens with one attached hydrogen (secondary N) is 1. The van der Waals surface area contributed by atoms with E-state index in [1.807, 2.05) is 0 Å². The highest BCUT2D eigenvalue weighted by atomic mass is 16.5. The van der Waals surface area contributed by atoms with Crippen molar-refractivity contribution in [2.24, 2.45) is 5.41 Å². The summed E-state index contributed by atoms with van der Waals surface area (Å²) >= 11 is 0. The molecule has 0 aromatic heterocycles. The van der Waals surface area contributed by atoms with Crippen LogP contribution in [-0.2, 0) is 4.74 Å². The Morgan fingerprint density at radius 3 is 2.63 bits per heavy atom. The number of ether oxygens (including phenoxy) is 1. The molecule has 0 bridgehead atoms. The molecular formula is C15H30N2O2. The number of hydrogen-bond donors (Lipinski definition) is 2. The van der Waals surface area contributed by atoms with E-state index in [2.05, 4.69) is 17.3 Å². The Morgan fingerprint density at radius 1 is 1.37 bits per heavy atom. The van der Waals surface area contributed by atoms with Gasteiger partial charge in [0, 0.05) is 32.8 Å². The van der Waals surface area contributed by atoms with Gasteiger partial charge in [-0.2, -0.15) is 0 Å². The normalized spacial score (nSPS) is 24.0.